The summed E-state index contributed by atoms with van der Waals surface area (Å²) < 4.78 is 27.5. The van der Waals surface area contributed by atoms with Crippen molar-refractivity contribution in [2.75, 3.05) is 51.3 Å². The Balaban J connectivity index is 1.87. The second kappa shape index (κ2) is 8.89. The summed E-state index contributed by atoms with van der Waals surface area (Å²) in [7, 11) is -2.95. The van der Waals surface area contributed by atoms with Gasteiger partial charge in [0, 0.05) is 45.5 Å². The zero-order valence-electron chi connectivity index (χ0n) is 14.8. The zero-order chi connectivity index (χ0) is 18.3. The topological polar surface area (TPSA) is 95.2 Å². The van der Waals surface area contributed by atoms with E-state index in [-0.39, 0.29) is 11.7 Å². The van der Waals surface area contributed by atoms with Crippen molar-refractivity contribution >= 4 is 21.7 Å². The van der Waals surface area contributed by atoms with Crippen molar-refractivity contribution in [2.24, 2.45) is 4.99 Å². The van der Waals surface area contributed by atoms with Crippen LogP contribution in [0.15, 0.2) is 27.8 Å². The fourth-order valence-corrected chi connectivity index (χ4v) is 3.27. The van der Waals surface area contributed by atoms with Gasteiger partial charge in [0.2, 0.25) is 0 Å². The maximum absolute atomic E-state index is 12.3. The maximum Gasteiger partial charge on any atom is 0.289 e. The first-order valence-corrected chi connectivity index (χ1v) is 10.5. The molecular formula is C16H26N4O4S. The van der Waals surface area contributed by atoms with Gasteiger partial charge in [-0.2, -0.15) is 0 Å². The summed E-state index contributed by atoms with van der Waals surface area (Å²) in [4.78, 5) is 20.6. The molecule has 1 fully saturated rings. The van der Waals surface area contributed by atoms with Gasteiger partial charge < -0.3 is 19.5 Å². The molecule has 1 aromatic rings. The Morgan fingerprint density at radius 3 is 2.52 bits per heavy atom. The summed E-state index contributed by atoms with van der Waals surface area (Å²) in [5, 5.41) is 3.23. The Morgan fingerprint density at radius 2 is 1.96 bits per heavy atom. The smallest absolute Gasteiger partial charge is 0.289 e. The van der Waals surface area contributed by atoms with Crippen LogP contribution >= 0.6 is 0 Å². The lowest BCUT2D eigenvalue weighted by Gasteiger charge is -2.36. The third-order valence-electron chi connectivity index (χ3n) is 3.87. The third-order valence-corrected chi connectivity index (χ3v) is 4.90. The van der Waals surface area contributed by atoms with E-state index in [0.717, 1.165) is 12.5 Å². The second-order valence-electron chi connectivity index (χ2n) is 5.98. The molecule has 1 N–H and O–H groups in total. The number of rotatable bonds is 6. The summed E-state index contributed by atoms with van der Waals surface area (Å²) >= 11 is 0. The van der Waals surface area contributed by atoms with Crippen LogP contribution in [-0.4, -0.2) is 81.4 Å². The van der Waals surface area contributed by atoms with Crippen LogP contribution in [0, 0.1) is 0 Å². The molecule has 0 unspecified atom stereocenters. The Bertz CT molecular complexity index is 677. The number of furan rings is 1. The van der Waals surface area contributed by atoms with Crippen LogP contribution in [0.2, 0.25) is 0 Å². The number of aliphatic imine (C=N–C) groups is 1. The van der Waals surface area contributed by atoms with E-state index in [1.807, 2.05) is 6.92 Å². The molecule has 0 aliphatic carbocycles. The predicted octanol–water partition coefficient (Wildman–Crippen LogP) is 0.438. The summed E-state index contributed by atoms with van der Waals surface area (Å²) in [5.74, 6) is 1.16. The quantitative estimate of drug-likeness (QED) is 0.443. The highest BCUT2D eigenvalue weighted by Crippen LogP contribution is 2.09. The molecule has 2 heterocycles. The van der Waals surface area contributed by atoms with Gasteiger partial charge in [-0.25, -0.2) is 8.42 Å². The van der Waals surface area contributed by atoms with Crippen molar-refractivity contribution in [3.05, 3.63) is 24.2 Å². The van der Waals surface area contributed by atoms with Crippen molar-refractivity contribution in [3.8, 4) is 0 Å². The van der Waals surface area contributed by atoms with Crippen LogP contribution in [0.3, 0.4) is 0 Å². The fourth-order valence-electron chi connectivity index (χ4n) is 2.61. The molecule has 0 spiro atoms. The number of nitrogens with zero attached hydrogens (tertiary/aromatic N) is 3. The van der Waals surface area contributed by atoms with Gasteiger partial charge in [-0.3, -0.25) is 9.79 Å². The van der Waals surface area contributed by atoms with Crippen molar-refractivity contribution < 1.29 is 17.6 Å². The van der Waals surface area contributed by atoms with E-state index < -0.39 is 9.84 Å². The van der Waals surface area contributed by atoms with Crippen LogP contribution in [0.4, 0.5) is 0 Å². The SMILES string of the molecule is CCNC(=NCCCS(C)(=O)=O)N1CCN(C(=O)c2ccco2)CC1. The monoisotopic (exact) mass is 370 g/mol. The third kappa shape index (κ3) is 6.08. The molecule has 1 aliphatic rings. The fraction of sp³-hybridized carbons (Fsp3) is 0.625. The van der Waals surface area contributed by atoms with E-state index in [9.17, 15) is 13.2 Å². The van der Waals surface area contributed by atoms with Crippen molar-refractivity contribution in [1.82, 2.24) is 15.1 Å². The number of carbonyl (C=O) groups is 1. The van der Waals surface area contributed by atoms with Gasteiger partial charge in [0.05, 0.1) is 12.0 Å². The van der Waals surface area contributed by atoms with Crippen LogP contribution in [0.1, 0.15) is 23.9 Å². The van der Waals surface area contributed by atoms with E-state index in [1.165, 1.54) is 12.5 Å². The largest absolute Gasteiger partial charge is 0.459 e. The first-order chi connectivity index (χ1) is 11.9. The molecular weight excluding hydrogens is 344 g/mol. The molecule has 25 heavy (non-hydrogen) atoms. The molecule has 0 atom stereocenters. The van der Waals surface area contributed by atoms with Crippen LogP contribution in [-0.2, 0) is 9.84 Å². The minimum Gasteiger partial charge on any atom is -0.459 e. The lowest BCUT2D eigenvalue weighted by Crippen LogP contribution is -2.53. The minimum absolute atomic E-state index is 0.0975. The Kier molecular flexibility index (Phi) is 6.86. The first-order valence-electron chi connectivity index (χ1n) is 8.44. The molecule has 8 nitrogen and oxygen atoms in total. The van der Waals surface area contributed by atoms with Gasteiger partial charge in [-0.05, 0) is 25.5 Å². The van der Waals surface area contributed by atoms with E-state index in [1.54, 1.807) is 17.0 Å². The second-order valence-corrected chi connectivity index (χ2v) is 8.24. The van der Waals surface area contributed by atoms with Gasteiger partial charge >= 0.3 is 0 Å². The molecule has 0 aromatic carbocycles. The summed E-state index contributed by atoms with van der Waals surface area (Å²) in [5.41, 5.74) is 0. The van der Waals surface area contributed by atoms with Gasteiger partial charge in [-0.1, -0.05) is 0 Å². The molecule has 2 rings (SSSR count). The highest BCUT2D eigenvalue weighted by molar-refractivity contribution is 7.90. The van der Waals surface area contributed by atoms with Crippen LogP contribution in [0.5, 0.6) is 0 Å². The average Bonchev–Trinajstić information content (AvgIpc) is 3.11. The summed E-state index contributed by atoms with van der Waals surface area (Å²) in [6, 6.07) is 3.37. The number of hydrogen-bond acceptors (Lipinski definition) is 5. The number of nitrogens with one attached hydrogen (secondary N) is 1. The number of sulfone groups is 1. The van der Waals surface area contributed by atoms with E-state index in [2.05, 4.69) is 15.2 Å². The van der Waals surface area contributed by atoms with E-state index >= 15 is 0 Å². The molecule has 1 aliphatic heterocycles. The molecule has 0 saturated carbocycles. The molecule has 0 radical (unpaired) electrons. The normalized spacial score (nSPS) is 16.2. The van der Waals surface area contributed by atoms with E-state index in [4.69, 9.17) is 4.42 Å². The lowest BCUT2D eigenvalue weighted by molar-refractivity contribution is 0.0657. The number of amides is 1. The molecule has 0 bridgehead atoms. The van der Waals surface area contributed by atoms with Gasteiger partial charge in [0.1, 0.15) is 9.84 Å². The van der Waals surface area contributed by atoms with Gasteiger partial charge in [0.25, 0.3) is 5.91 Å². The minimum atomic E-state index is -2.95. The Labute approximate surface area is 148 Å². The van der Waals surface area contributed by atoms with Gasteiger partial charge in [-0.15, -0.1) is 0 Å². The van der Waals surface area contributed by atoms with Gasteiger partial charge in [0.15, 0.2) is 11.7 Å². The number of piperazine rings is 1. The summed E-state index contributed by atoms with van der Waals surface area (Å²) in [6.07, 6.45) is 3.23. The number of carbonyl (C=O) groups excluding carboxylic acids is 1. The van der Waals surface area contributed by atoms with Crippen LogP contribution < -0.4 is 5.32 Å². The Hall–Kier alpha value is -2.03. The number of hydrogen-bond donors (Lipinski definition) is 1. The number of guanidine groups is 1. The molecule has 9 heteroatoms. The molecule has 1 saturated heterocycles. The summed E-state index contributed by atoms with van der Waals surface area (Å²) in [6.45, 7) is 5.70. The standard InChI is InChI=1S/C16H26N4O4S/c1-3-17-16(18-7-5-13-25(2,22)23)20-10-8-19(9-11-20)15(21)14-6-4-12-24-14/h4,6,12H,3,5,7-11,13H2,1-2H3,(H,17,18). The lowest BCUT2D eigenvalue weighted by atomic mass is 10.3. The molecule has 1 aromatic heterocycles. The van der Waals surface area contributed by atoms with E-state index in [0.29, 0.717) is 44.9 Å². The highest BCUT2D eigenvalue weighted by Gasteiger charge is 2.25. The first kappa shape index (κ1) is 19.3. The highest BCUT2D eigenvalue weighted by atomic mass is 32.2. The van der Waals surface area contributed by atoms with Crippen molar-refractivity contribution in [2.45, 2.75) is 13.3 Å². The average molecular weight is 370 g/mol. The maximum atomic E-state index is 12.3. The van der Waals surface area contributed by atoms with Crippen LogP contribution in [0.25, 0.3) is 0 Å². The van der Waals surface area contributed by atoms with Crippen molar-refractivity contribution in [1.29, 1.82) is 0 Å². The zero-order valence-corrected chi connectivity index (χ0v) is 15.6. The Morgan fingerprint density at radius 1 is 1.28 bits per heavy atom. The molecule has 1 amide bonds. The van der Waals surface area contributed by atoms with Crippen molar-refractivity contribution in [3.63, 3.8) is 0 Å². The molecule has 140 valence electrons. The predicted molar refractivity (Wildman–Crippen MR) is 96.5 cm³/mol.